The normalized spacial score (nSPS) is 13.2. The summed E-state index contributed by atoms with van der Waals surface area (Å²) in [6, 6.07) is 2.10. The van der Waals surface area contributed by atoms with Crippen LogP contribution in [0.1, 0.15) is 35.9 Å². The van der Waals surface area contributed by atoms with Crippen LogP contribution in [0.3, 0.4) is 0 Å². The zero-order valence-electron chi connectivity index (χ0n) is 7.32. The van der Waals surface area contributed by atoms with Crippen molar-refractivity contribution in [3.05, 3.63) is 19.8 Å². The van der Waals surface area contributed by atoms with Gasteiger partial charge in [-0.05, 0) is 28.4 Å². The summed E-state index contributed by atoms with van der Waals surface area (Å²) in [5.41, 5.74) is 0. The Morgan fingerprint density at radius 2 is 2.31 bits per heavy atom. The van der Waals surface area contributed by atoms with Crippen molar-refractivity contribution >= 4 is 54.8 Å². The van der Waals surface area contributed by atoms with Crippen LogP contribution in [0.4, 0.5) is 0 Å². The zero-order valence-corrected chi connectivity index (χ0v) is 12.1. The van der Waals surface area contributed by atoms with Crippen molar-refractivity contribution in [3.8, 4) is 0 Å². The molecule has 0 radical (unpaired) electrons. The molecule has 0 amide bonds. The topological polar surface area (TPSA) is 0 Å². The second-order valence-electron chi connectivity index (χ2n) is 2.88. The Morgan fingerprint density at radius 3 is 2.77 bits per heavy atom. The third kappa shape index (κ3) is 3.54. The van der Waals surface area contributed by atoms with E-state index in [9.17, 15) is 0 Å². The summed E-state index contributed by atoms with van der Waals surface area (Å²) in [7, 11) is 0. The molecule has 0 aliphatic heterocycles. The number of hydrogen-bond acceptors (Lipinski definition) is 1. The summed E-state index contributed by atoms with van der Waals surface area (Å²) in [5.74, 6) is 0. The molecule has 0 aliphatic carbocycles. The number of alkyl halides is 1. The first-order valence-corrected chi connectivity index (χ1v) is 7.14. The van der Waals surface area contributed by atoms with Crippen LogP contribution in [-0.4, -0.2) is 0 Å². The Labute approximate surface area is 105 Å². The second kappa shape index (κ2) is 5.74. The Morgan fingerprint density at radius 1 is 1.62 bits per heavy atom. The minimum Gasteiger partial charge on any atom is -0.126 e. The van der Waals surface area contributed by atoms with Gasteiger partial charge in [-0.2, -0.15) is 0 Å². The van der Waals surface area contributed by atoms with E-state index in [0.29, 0.717) is 4.83 Å². The first-order chi connectivity index (χ1) is 6.15. The van der Waals surface area contributed by atoms with E-state index in [1.165, 1.54) is 24.1 Å². The first kappa shape index (κ1) is 12.0. The highest BCUT2D eigenvalue weighted by atomic mass is 79.9. The molecule has 1 rings (SSSR count). The molecule has 1 heterocycles. The fraction of sp³-hybridized carbons (Fsp3) is 0.556. The molecule has 1 unspecified atom stereocenters. The summed E-state index contributed by atoms with van der Waals surface area (Å²) in [6.07, 6.45) is 3.67. The van der Waals surface area contributed by atoms with E-state index in [1.807, 2.05) is 0 Å². The third-order valence-corrected chi connectivity index (χ3v) is 5.63. The molecule has 1 aromatic rings. The Kier molecular flexibility index (Phi) is 5.31. The predicted octanol–water partition coefficient (Wildman–Crippen LogP) is 5.79. The van der Waals surface area contributed by atoms with Gasteiger partial charge in [-0.15, -0.1) is 11.3 Å². The lowest BCUT2D eigenvalue weighted by Crippen LogP contribution is -1.84. The van der Waals surface area contributed by atoms with Crippen LogP contribution in [0.25, 0.3) is 0 Å². The standard InChI is InChI=1S/C9H11Br2ClS/c1-2-3-4-6(10)8-5-7(11)9(12)13-8/h5-6H,2-4H2,1H3. The average molecular weight is 347 g/mol. The molecule has 0 fully saturated rings. The summed E-state index contributed by atoms with van der Waals surface area (Å²) < 4.78 is 1.85. The third-order valence-electron chi connectivity index (χ3n) is 1.78. The number of unbranched alkanes of at least 4 members (excludes halogenated alkanes) is 1. The van der Waals surface area contributed by atoms with Gasteiger partial charge in [-0.3, -0.25) is 0 Å². The van der Waals surface area contributed by atoms with E-state index in [-0.39, 0.29) is 0 Å². The summed E-state index contributed by atoms with van der Waals surface area (Å²) in [5, 5.41) is 0. The van der Waals surface area contributed by atoms with Crippen molar-refractivity contribution in [3.63, 3.8) is 0 Å². The van der Waals surface area contributed by atoms with E-state index < -0.39 is 0 Å². The molecule has 0 bridgehead atoms. The van der Waals surface area contributed by atoms with E-state index in [2.05, 4.69) is 44.8 Å². The van der Waals surface area contributed by atoms with Gasteiger partial charge in [0, 0.05) is 14.2 Å². The van der Waals surface area contributed by atoms with Gasteiger partial charge in [-0.25, -0.2) is 0 Å². The highest BCUT2D eigenvalue weighted by Crippen LogP contribution is 2.40. The highest BCUT2D eigenvalue weighted by Gasteiger charge is 2.12. The van der Waals surface area contributed by atoms with Crippen LogP contribution < -0.4 is 0 Å². The maximum absolute atomic E-state index is 5.96. The van der Waals surface area contributed by atoms with Gasteiger partial charge in [0.05, 0.1) is 0 Å². The number of thiophene rings is 1. The van der Waals surface area contributed by atoms with Crippen LogP contribution >= 0.6 is 54.8 Å². The van der Waals surface area contributed by atoms with Crippen molar-refractivity contribution in [2.75, 3.05) is 0 Å². The zero-order chi connectivity index (χ0) is 9.84. The molecule has 0 spiro atoms. The Balaban J connectivity index is 2.60. The highest BCUT2D eigenvalue weighted by molar-refractivity contribution is 9.10. The van der Waals surface area contributed by atoms with E-state index >= 15 is 0 Å². The van der Waals surface area contributed by atoms with Crippen molar-refractivity contribution in [1.29, 1.82) is 0 Å². The van der Waals surface area contributed by atoms with Crippen LogP contribution in [0.5, 0.6) is 0 Å². The quantitative estimate of drug-likeness (QED) is 0.605. The van der Waals surface area contributed by atoms with Crippen molar-refractivity contribution in [1.82, 2.24) is 0 Å². The molecular formula is C9H11Br2ClS. The largest absolute Gasteiger partial charge is 0.126 e. The van der Waals surface area contributed by atoms with Gasteiger partial charge in [-0.1, -0.05) is 47.3 Å². The minimum atomic E-state index is 0.459. The smallest absolute Gasteiger partial charge is 0.107 e. The summed E-state index contributed by atoms with van der Waals surface area (Å²) in [6.45, 7) is 2.21. The number of rotatable bonds is 4. The number of halogens is 3. The fourth-order valence-corrected chi connectivity index (χ4v) is 3.53. The van der Waals surface area contributed by atoms with E-state index in [0.717, 1.165) is 8.81 Å². The molecule has 1 aromatic heterocycles. The van der Waals surface area contributed by atoms with Crippen LogP contribution in [-0.2, 0) is 0 Å². The molecular weight excluding hydrogens is 335 g/mol. The van der Waals surface area contributed by atoms with Crippen molar-refractivity contribution < 1.29 is 0 Å². The van der Waals surface area contributed by atoms with E-state index in [4.69, 9.17) is 11.6 Å². The molecule has 0 saturated heterocycles. The SMILES string of the molecule is CCCCC(Br)c1cc(Br)c(Cl)s1. The Bertz CT molecular complexity index is 253. The minimum absolute atomic E-state index is 0.459. The monoisotopic (exact) mass is 344 g/mol. The van der Waals surface area contributed by atoms with E-state index in [1.54, 1.807) is 11.3 Å². The molecule has 1 atom stereocenters. The lowest BCUT2D eigenvalue weighted by atomic mass is 10.2. The van der Waals surface area contributed by atoms with Gasteiger partial charge in [0.1, 0.15) is 4.34 Å². The molecule has 0 aliphatic rings. The Hall–Kier alpha value is 0.950. The van der Waals surface area contributed by atoms with Crippen LogP contribution in [0, 0.1) is 0 Å². The van der Waals surface area contributed by atoms with Gasteiger partial charge < -0.3 is 0 Å². The molecule has 0 nitrogen and oxygen atoms in total. The van der Waals surface area contributed by atoms with Crippen LogP contribution in [0.2, 0.25) is 4.34 Å². The summed E-state index contributed by atoms with van der Waals surface area (Å²) in [4.78, 5) is 1.77. The van der Waals surface area contributed by atoms with Crippen molar-refractivity contribution in [2.45, 2.75) is 31.0 Å². The van der Waals surface area contributed by atoms with Gasteiger partial charge in [0.2, 0.25) is 0 Å². The maximum Gasteiger partial charge on any atom is 0.107 e. The summed E-state index contributed by atoms with van der Waals surface area (Å²) >= 11 is 14.7. The van der Waals surface area contributed by atoms with Crippen LogP contribution in [0.15, 0.2) is 10.5 Å². The lowest BCUT2D eigenvalue weighted by Gasteiger charge is -2.04. The predicted molar refractivity (Wildman–Crippen MR) is 68.2 cm³/mol. The average Bonchev–Trinajstić information content (AvgIpc) is 2.43. The number of hydrogen-bond donors (Lipinski definition) is 0. The van der Waals surface area contributed by atoms with Gasteiger partial charge in [0.25, 0.3) is 0 Å². The molecule has 0 N–H and O–H groups in total. The molecule has 13 heavy (non-hydrogen) atoms. The molecule has 4 heteroatoms. The lowest BCUT2D eigenvalue weighted by molar-refractivity contribution is 0.718. The molecule has 0 saturated carbocycles. The second-order valence-corrected chi connectivity index (χ2v) is 6.53. The molecule has 0 aromatic carbocycles. The van der Waals surface area contributed by atoms with Gasteiger partial charge >= 0.3 is 0 Å². The van der Waals surface area contributed by atoms with Crippen molar-refractivity contribution in [2.24, 2.45) is 0 Å². The first-order valence-electron chi connectivity index (χ1n) is 4.24. The maximum atomic E-state index is 5.96. The molecule has 74 valence electrons. The van der Waals surface area contributed by atoms with Gasteiger partial charge in [0.15, 0.2) is 0 Å². The fourth-order valence-electron chi connectivity index (χ4n) is 1.04.